The zero-order chi connectivity index (χ0) is 16.9. The molecule has 3 aromatic carbocycles. The molecule has 0 bridgehead atoms. The maximum absolute atomic E-state index is 13.2. The summed E-state index contributed by atoms with van der Waals surface area (Å²) in [5.74, 6) is -1.33. The fraction of sp³-hybridized carbons (Fsp3) is 0.0500. The van der Waals surface area contributed by atoms with E-state index in [4.69, 9.17) is 0 Å². The van der Waals surface area contributed by atoms with Crippen molar-refractivity contribution in [1.82, 2.24) is 5.32 Å². The second-order valence-electron chi connectivity index (χ2n) is 5.41. The van der Waals surface area contributed by atoms with Crippen LogP contribution in [0, 0.1) is 5.82 Å². The maximum Gasteiger partial charge on any atom is 0.255 e. The van der Waals surface area contributed by atoms with Gasteiger partial charge in [-0.1, -0.05) is 48.5 Å². The molecule has 3 rings (SSSR count). The van der Waals surface area contributed by atoms with Crippen molar-refractivity contribution in [2.45, 2.75) is 6.54 Å². The lowest BCUT2D eigenvalue weighted by Crippen LogP contribution is -2.23. The summed E-state index contributed by atoms with van der Waals surface area (Å²) in [5.41, 5.74) is 2.99. The van der Waals surface area contributed by atoms with Gasteiger partial charge >= 0.3 is 0 Å². The molecule has 4 heteroatoms. The molecule has 0 unspecified atom stereocenters. The molecule has 24 heavy (non-hydrogen) atoms. The van der Waals surface area contributed by atoms with Crippen LogP contribution in [0.5, 0.6) is 5.75 Å². The summed E-state index contributed by atoms with van der Waals surface area (Å²) in [6.45, 7) is 0.287. The Morgan fingerprint density at radius 3 is 2.46 bits per heavy atom. The lowest BCUT2D eigenvalue weighted by molar-refractivity contribution is 0.0947. The number of rotatable bonds is 4. The molecular weight excluding hydrogens is 305 g/mol. The van der Waals surface area contributed by atoms with Crippen molar-refractivity contribution in [2.75, 3.05) is 0 Å². The summed E-state index contributed by atoms with van der Waals surface area (Å²) in [6, 6.07) is 21.0. The lowest BCUT2D eigenvalue weighted by Gasteiger charge is -2.09. The Hall–Kier alpha value is -3.14. The quantitative estimate of drug-likeness (QED) is 0.759. The minimum absolute atomic E-state index is 0.0748. The van der Waals surface area contributed by atoms with Gasteiger partial charge in [0.25, 0.3) is 5.91 Å². The fourth-order valence-electron chi connectivity index (χ4n) is 2.46. The zero-order valence-corrected chi connectivity index (χ0v) is 12.9. The molecule has 0 spiro atoms. The Morgan fingerprint density at radius 1 is 0.917 bits per heavy atom. The highest BCUT2D eigenvalue weighted by atomic mass is 19.1. The second-order valence-corrected chi connectivity index (χ2v) is 5.41. The first-order valence-electron chi connectivity index (χ1n) is 7.54. The Bertz CT molecular complexity index is 863. The van der Waals surface area contributed by atoms with Gasteiger partial charge in [0.1, 0.15) is 11.6 Å². The zero-order valence-electron chi connectivity index (χ0n) is 12.9. The van der Waals surface area contributed by atoms with Gasteiger partial charge in [-0.25, -0.2) is 4.39 Å². The average molecular weight is 321 g/mol. The molecule has 120 valence electrons. The maximum atomic E-state index is 13.2. The molecule has 0 fully saturated rings. The molecular formula is C20H16FNO2. The number of hydrogen-bond donors (Lipinski definition) is 2. The number of aromatic hydroxyl groups is 1. The van der Waals surface area contributed by atoms with Gasteiger partial charge in [-0.15, -0.1) is 0 Å². The number of hydrogen-bond acceptors (Lipinski definition) is 2. The van der Waals surface area contributed by atoms with Crippen molar-refractivity contribution < 1.29 is 14.3 Å². The molecule has 1 amide bonds. The summed E-state index contributed by atoms with van der Waals surface area (Å²) < 4.78 is 13.2. The molecule has 0 aliphatic carbocycles. The van der Waals surface area contributed by atoms with Crippen LogP contribution in [0.3, 0.4) is 0 Å². The third-order valence-corrected chi connectivity index (χ3v) is 3.69. The fourth-order valence-corrected chi connectivity index (χ4v) is 2.46. The molecule has 0 aromatic heterocycles. The summed E-state index contributed by atoms with van der Waals surface area (Å²) in [6.07, 6.45) is 0. The van der Waals surface area contributed by atoms with E-state index in [0.29, 0.717) is 0 Å². The standard InChI is InChI=1S/C20H16FNO2/c21-17-9-10-19(23)18(12-17)20(24)22-13-14-5-4-8-16(11-14)15-6-2-1-3-7-15/h1-12,23H,13H2,(H,22,24). The number of carbonyl (C=O) groups is 1. The lowest BCUT2D eigenvalue weighted by atomic mass is 10.0. The molecule has 3 nitrogen and oxygen atoms in total. The first kappa shape index (κ1) is 15.7. The minimum atomic E-state index is -0.566. The number of benzene rings is 3. The van der Waals surface area contributed by atoms with Gasteiger partial charge in [0, 0.05) is 6.54 Å². The first-order valence-corrected chi connectivity index (χ1v) is 7.54. The van der Waals surface area contributed by atoms with E-state index in [2.05, 4.69) is 5.32 Å². The smallest absolute Gasteiger partial charge is 0.255 e. The van der Waals surface area contributed by atoms with Crippen molar-refractivity contribution in [1.29, 1.82) is 0 Å². The highest BCUT2D eigenvalue weighted by molar-refractivity contribution is 5.96. The van der Waals surface area contributed by atoms with E-state index in [1.165, 1.54) is 6.07 Å². The predicted octanol–water partition coefficient (Wildman–Crippen LogP) is 4.13. The van der Waals surface area contributed by atoms with Crippen LogP contribution in [0.4, 0.5) is 4.39 Å². The summed E-state index contributed by atoms with van der Waals surface area (Å²) in [4.78, 5) is 12.1. The van der Waals surface area contributed by atoms with Crippen LogP contribution in [-0.4, -0.2) is 11.0 Å². The summed E-state index contributed by atoms with van der Waals surface area (Å²) in [5, 5.41) is 12.4. The van der Waals surface area contributed by atoms with Crippen LogP contribution in [-0.2, 0) is 6.54 Å². The monoisotopic (exact) mass is 321 g/mol. The van der Waals surface area contributed by atoms with E-state index >= 15 is 0 Å². The van der Waals surface area contributed by atoms with Gasteiger partial charge in [0.2, 0.25) is 0 Å². The van der Waals surface area contributed by atoms with Gasteiger partial charge in [-0.3, -0.25) is 4.79 Å². The molecule has 3 aromatic rings. The molecule has 0 saturated carbocycles. The van der Waals surface area contributed by atoms with Crippen LogP contribution in [0.2, 0.25) is 0 Å². The Balaban J connectivity index is 1.73. The molecule has 2 N–H and O–H groups in total. The Labute approximate surface area is 139 Å². The minimum Gasteiger partial charge on any atom is -0.507 e. The van der Waals surface area contributed by atoms with Gasteiger partial charge in [-0.2, -0.15) is 0 Å². The Morgan fingerprint density at radius 2 is 1.67 bits per heavy atom. The number of phenols is 1. The summed E-state index contributed by atoms with van der Waals surface area (Å²) >= 11 is 0. The van der Waals surface area contributed by atoms with Crippen LogP contribution >= 0.6 is 0 Å². The van der Waals surface area contributed by atoms with E-state index < -0.39 is 11.7 Å². The first-order chi connectivity index (χ1) is 11.6. The molecule has 0 atom stereocenters. The second kappa shape index (κ2) is 6.96. The number of carbonyl (C=O) groups excluding carboxylic acids is 1. The van der Waals surface area contributed by atoms with Gasteiger partial charge in [0.05, 0.1) is 5.56 Å². The number of halogens is 1. The van der Waals surface area contributed by atoms with E-state index in [1.54, 1.807) is 0 Å². The highest BCUT2D eigenvalue weighted by Gasteiger charge is 2.12. The van der Waals surface area contributed by atoms with Crippen LogP contribution in [0.1, 0.15) is 15.9 Å². The third-order valence-electron chi connectivity index (χ3n) is 3.69. The van der Waals surface area contributed by atoms with Crippen molar-refractivity contribution in [3.63, 3.8) is 0 Å². The van der Waals surface area contributed by atoms with E-state index in [-0.39, 0.29) is 17.9 Å². The van der Waals surface area contributed by atoms with Crippen LogP contribution in [0.15, 0.2) is 72.8 Å². The van der Waals surface area contributed by atoms with Gasteiger partial charge in [0.15, 0.2) is 0 Å². The number of amides is 1. The van der Waals surface area contributed by atoms with E-state index in [0.717, 1.165) is 28.8 Å². The highest BCUT2D eigenvalue weighted by Crippen LogP contribution is 2.21. The van der Waals surface area contributed by atoms with Crippen molar-refractivity contribution in [3.8, 4) is 16.9 Å². The molecule has 0 radical (unpaired) electrons. The van der Waals surface area contributed by atoms with Gasteiger partial charge < -0.3 is 10.4 Å². The SMILES string of the molecule is O=C(NCc1cccc(-c2ccccc2)c1)c1cc(F)ccc1O. The topological polar surface area (TPSA) is 49.3 Å². The van der Waals surface area contributed by atoms with Crippen LogP contribution < -0.4 is 5.32 Å². The average Bonchev–Trinajstić information content (AvgIpc) is 2.63. The van der Waals surface area contributed by atoms with E-state index in [9.17, 15) is 14.3 Å². The molecule has 0 saturated heterocycles. The predicted molar refractivity (Wildman–Crippen MR) is 91.1 cm³/mol. The van der Waals surface area contributed by atoms with E-state index in [1.807, 2.05) is 54.6 Å². The number of phenolic OH excluding ortho intramolecular Hbond substituents is 1. The van der Waals surface area contributed by atoms with Crippen molar-refractivity contribution >= 4 is 5.91 Å². The summed E-state index contributed by atoms with van der Waals surface area (Å²) in [7, 11) is 0. The Kier molecular flexibility index (Phi) is 4.57. The molecule has 0 heterocycles. The van der Waals surface area contributed by atoms with Crippen molar-refractivity contribution in [3.05, 3.63) is 89.7 Å². The van der Waals surface area contributed by atoms with Crippen molar-refractivity contribution in [2.24, 2.45) is 0 Å². The number of nitrogens with one attached hydrogen (secondary N) is 1. The molecule has 0 aliphatic rings. The van der Waals surface area contributed by atoms with Crippen LogP contribution in [0.25, 0.3) is 11.1 Å². The largest absolute Gasteiger partial charge is 0.507 e. The van der Waals surface area contributed by atoms with Gasteiger partial charge in [-0.05, 0) is 41.0 Å². The third kappa shape index (κ3) is 3.60. The normalized spacial score (nSPS) is 10.4. The molecule has 0 aliphatic heterocycles.